The fourth-order valence-electron chi connectivity index (χ4n) is 2.85. The summed E-state index contributed by atoms with van der Waals surface area (Å²) < 4.78 is 16.7. The van der Waals surface area contributed by atoms with Crippen LogP contribution in [0.25, 0.3) is 0 Å². The number of rotatable bonds is 5. The molecule has 1 aliphatic carbocycles. The van der Waals surface area contributed by atoms with E-state index in [4.69, 9.17) is 19.9 Å². The van der Waals surface area contributed by atoms with Crippen molar-refractivity contribution in [3.05, 3.63) is 23.8 Å². The van der Waals surface area contributed by atoms with E-state index in [-0.39, 0.29) is 11.5 Å². The largest absolute Gasteiger partial charge is 0.493 e. The predicted octanol–water partition coefficient (Wildman–Crippen LogP) is 1.85. The molecule has 2 N–H and O–H groups in total. The third-order valence-electron chi connectivity index (χ3n) is 4.36. The van der Waals surface area contributed by atoms with Gasteiger partial charge in [0, 0.05) is 17.5 Å². The van der Waals surface area contributed by atoms with Gasteiger partial charge in [-0.25, -0.2) is 0 Å². The van der Waals surface area contributed by atoms with Crippen LogP contribution in [0, 0.1) is 0 Å². The van der Waals surface area contributed by atoms with Gasteiger partial charge >= 0.3 is 0 Å². The molecular weight excluding hydrogens is 242 g/mol. The van der Waals surface area contributed by atoms with Crippen LogP contribution in [-0.4, -0.2) is 33.0 Å². The normalized spacial score (nSPS) is 21.4. The second-order valence-corrected chi connectivity index (χ2v) is 5.45. The van der Waals surface area contributed by atoms with E-state index < -0.39 is 0 Å². The van der Waals surface area contributed by atoms with Crippen LogP contribution in [0.5, 0.6) is 11.5 Å². The average molecular weight is 263 g/mol. The van der Waals surface area contributed by atoms with E-state index in [9.17, 15) is 0 Å². The number of methoxy groups -OCH3 is 1. The third kappa shape index (κ3) is 2.09. The Morgan fingerprint density at radius 3 is 2.63 bits per heavy atom. The quantitative estimate of drug-likeness (QED) is 0.881. The Morgan fingerprint density at radius 2 is 2.16 bits per heavy atom. The average Bonchev–Trinajstić information content (AvgIpc) is 2.34. The van der Waals surface area contributed by atoms with Gasteiger partial charge in [-0.05, 0) is 18.9 Å². The van der Waals surface area contributed by atoms with Gasteiger partial charge in [-0.1, -0.05) is 18.6 Å². The number of nitrogens with two attached hydrogens (primary N) is 1. The first kappa shape index (κ1) is 12.8. The molecule has 0 unspecified atom stereocenters. The maximum Gasteiger partial charge on any atom is 0.165 e. The van der Waals surface area contributed by atoms with Crippen LogP contribution in [0.1, 0.15) is 24.8 Å². The van der Waals surface area contributed by atoms with E-state index in [0.29, 0.717) is 19.8 Å². The first-order valence-electron chi connectivity index (χ1n) is 6.91. The Morgan fingerprint density at radius 1 is 1.37 bits per heavy atom. The molecule has 4 heteroatoms. The summed E-state index contributed by atoms with van der Waals surface area (Å²) in [5, 5.41) is 0. The van der Waals surface area contributed by atoms with E-state index in [1.165, 1.54) is 12.0 Å². The Balaban J connectivity index is 1.97. The lowest BCUT2D eigenvalue weighted by Crippen LogP contribution is -2.43. The van der Waals surface area contributed by atoms with E-state index in [2.05, 4.69) is 6.07 Å². The molecule has 2 fully saturated rings. The van der Waals surface area contributed by atoms with Crippen molar-refractivity contribution in [2.24, 2.45) is 5.73 Å². The Labute approximate surface area is 113 Å². The highest BCUT2D eigenvalue weighted by Crippen LogP contribution is 2.49. The van der Waals surface area contributed by atoms with Gasteiger partial charge in [0.05, 0.1) is 20.3 Å². The smallest absolute Gasteiger partial charge is 0.165 e. The van der Waals surface area contributed by atoms with Crippen LogP contribution in [-0.2, 0) is 10.2 Å². The van der Waals surface area contributed by atoms with Gasteiger partial charge in [-0.15, -0.1) is 0 Å². The predicted molar refractivity (Wildman–Crippen MR) is 72.8 cm³/mol. The molecule has 0 bridgehead atoms. The molecule has 2 aliphatic rings. The molecule has 0 atom stereocenters. The summed E-state index contributed by atoms with van der Waals surface area (Å²) in [4.78, 5) is 0. The zero-order valence-electron chi connectivity index (χ0n) is 11.4. The zero-order chi connectivity index (χ0) is 13.3. The molecule has 1 heterocycles. The minimum Gasteiger partial charge on any atom is -0.493 e. The SMILES string of the molecule is COc1cccc(C2(CN)CCC2)c1OC1COC1. The van der Waals surface area contributed by atoms with Crippen molar-refractivity contribution >= 4 is 0 Å². The van der Waals surface area contributed by atoms with Crippen molar-refractivity contribution in [1.82, 2.24) is 0 Å². The lowest BCUT2D eigenvalue weighted by atomic mass is 9.64. The zero-order valence-corrected chi connectivity index (χ0v) is 11.4. The van der Waals surface area contributed by atoms with Crippen LogP contribution < -0.4 is 15.2 Å². The molecule has 0 spiro atoms. The molecule has 1 aromatic rings. The summed E-state index contributed by atoms with van der Waals surface area (Å²) in [5.74, 6) is 1.66. The second kappa shape index (κ2) is 5.02. The summed E-state index contributed by atoms with van der Waals surface area (Å²) in [6.07, 6.45) is 3.65. The summed E-state index contributed by atoms with van der Waals surface area (Å²) in [5.41, 5.74) is 7.30. The fraction of sp³-hybridized carbons (Fsp3) is 0.600. The number of hydrogen-bond acceptors (Lipinski definition) is 4. The van der Waals surface area contributed by atoms with Crippen molar-refractivity contribution in [1.29, 1.82) is 0 Å². The highest BCUT2D eigenvalue weighted by Gasteiger charge is 2.41. The van der Waals surface area contributed by atoms with Gasteiger partial charge in [0.15, 0.2) is 11.5 Å². The standard InChI is InChI=1S/C15H21NO3/c1-17-13-5-2-4-12(15(10-16)6-3-7-15)14(13)19-11-8-18-9-11/h2,4-5,11H,3,6-10,16H2,1H3. The summed E-state index contributed by atoms with van der Waals surface area (Å²) in [7, 11) is 1.68. The lowest BCUT2D eigenvalue weighted by molar-refractivity contribution is -0.0812. The topological polar surface area (TPSA) is 53.7 Å². The summed E-state index contributed by atoms with van der Waals surface area (Å²) >= 11 is 0. The molecule has 19 heavy (non-hydrogen) atoms. The van der Waals surface area contributed by atoms with Crippen molar-refractivity contribution in [3.8, 4) is 11.5 Å². The number of hydrogen-bond donors (Lipinski definition) is 1. The number of ether oxygens (including phenoxy) is 3. The number of benzene rings is 1. The molecule has 0 aromatic heterocycles. The van der Waals surface area contributed by atoms with Crippen LogP contribution in [0.2, 0.25) is 0 Å². The number of para-hydroxylation sites is 1. The summed E-state index contributed by atoms with van der Waals surface area (Å²) in [6, 6.07) is 6.10. The Bertz CT molecular complexity index is 447. The van der Waals surface area contributed by atoms with Crippen molar-refractivity contribution in [2.75, 3.05) is 26.9 Å². The third-order valence-corrected chi connectivity index (χ3v) is 4.36. The molecule has 1 aliphatic heterocycles. The van der Waals surface area contributed by atoms with Crippen molar-refractivity contribution in [2.45, 2.75) is 30.8 Å². The summed E-state index contributed by atoms with van der Waals surface area (Å²) in [6.45, 7) is 1.98. The van der Waals surface area contributed by atoms with E-state index in [1.807, 2.05) is 12.1 Å². The van der Waals surface area contributed by atoms with Crippen molar-refractivity contribution < 1.29 is 14.2 Å². The maximum absolute atomic E-state index is 6.08. The van der Waals surface area contributed by atoms with Gasteiger partial charge < -0.3 is 19.9 Å². The molecule has 1 saturated carbocycles. The van der Waals surface area contributed by atoms with Gasteiger partial charge in [-0.2, -0.15) is 0 Å². The minimum atomic E-state index is 0.0779. The monoisotopic (exact) mass is 263 g/mol. The van der Waals surface area contributed by atoms with E-state index in [0.717, 1.165) is 24.3 Å². The molecule has 104 valence electrons. The fourth-order valence-corrected chi connectivity index (χ4v) is 2.85. The van der Waals surface area contributed by atoms with Gasteiger partial charge in [0.25, 0.3) is 0 Å². The molecule has 0 amide bonds. The first-order valence-corrected chi connectivity index (χ1v) is 6.91. The minimum absolute atomic E-state index is 0.0779. The molecule has 1 saturated heterocycles. The molecule has 1 aromatic carbocycles. The van der Waals surface area contributed by atoms with E-state index >= 15 is 0 Å². The lowest BCUT2D eigenvalue weighted by Gasteiger charge is -2.43. The van der Waals surface area contributed by atoms with Crippen molar-refractivity contribution in [3.63, 3.8) is 0 Å². The molecule has 3 rings (SSSR count). The molecule has 0 radical (unpaired) electrons. The van der Waals surface area contributed by atoms with Crippen LogP contribution in [0.15, 0.2) is 18.2 Å². The maximum atomic E-state index is 6.08. The highest BCUT2D eigenvalue weighted by atomic mass is 16.6. The highest BCUT2D eigenvalue weighted by molar-refractivity contribution is 5.51. The molecular formula is C15H21NO3. The van der Waals surface area contributed by atoms with Gasteiger partial charge in [0.1, 0.15) is 6.10 Å². The first-order chi connectivity index (χ1) is 9.29. The van der Waals surface area contributed by atoms with Crippen LogP contribution in [0.3, 0.4) is 0 Å². The van der Waals surface area contributed by atoms with Crippen LogP contribution in [0.4, 0.5) is 0 Å². The van der Waals surface area contributed by atoms with Crippen LogP contribution >= 0.6 is 0 Å². The second-order valence-electron chi connectivity index (χ2n) is 5.45. The van der Waals surface area contributed by atoms with Gasteiger partial charge in [0.2, 0.25) is 0 Å². The Hall–Kier alpha value is -1.26. The molecule has 4 nitrogen and oxygen atoms in total. The Kier molecular flexibility index (Phi) is 3.37. The van der Waals surface area contributed by atoms with Gasteiger partial charge in [-0.3, -0.25) is 0 Å². The van der Waals surface area contributed by atoms with E-state index in [1.54, 1.807) is 7.11 Å².